The predicted molar refractivity (Wildman–Crippen MR) is 129 cm³/mol. The Balaban J connectivity index is 2.02. The number of carbonyl (C=O) groups excluding carboxylic acids is 1. The van der Waals surface area contributed by atoms with Crippen molar-refractivity contribution in [2.24, 2.45) is 0 Å². The van der Waals surface area contributed by atoms with Crippen LogP contribution in [0.3, 0.4) is 0 Å². The van der Waals surface area contributed by atoms with Gasteiger partial charge in [-0.3, -0.25) is 4.79 Å². The van der Waals surface area contributed by atoms with Crippen molar-refractivity contribution in [3.05, 3.63) is 65.1 Å². The first kappa shape index (κ1) is 24.6. The zero-order chi connectivity index (χ0) is 24.3. The average Bonchev–Trinajstić information content (AvgIpc) is 3.23. The minimum atomic E-state index is -3.66. The summed E-state index contributed by atoms with van der Waals surface area (Å²) in [5.74, 6) is 0.285. The minimum absolute atomic E-state index is 0.00691. The van der Waals surface area contributed by atoms with Crippen LogP contribution in [-0.2, 0) is 10.0 Å². The molecule has 0 unspecified atom stereocenters. The molecule has 1 amide bonds. The molecule has 2 aromatic heterocycles. The molecule has 0 radical (unpaired) electrons. The number of nitrogens with zero attached hydrogens (tertiary/aromatic N) is 4. The molecule has 3 aromatic rings. The molecule has 3 rings (SSSR count). The Hall–Kier alpha value is -3.04. The van der Waals surface area contributed by atoms with Crippen LogP contribution < -0.4 is 5.32 Å². The van der Waals surface area contributed by atoms with Crippen molar-refractivity contribution in [1.82, 2.24) is 19.1 Å². The van der Waals surface area contributed by atoms with Crippen LogP contribution in [0, 0.1) is 13.8 Å². The summed E-state index contributed by atoms with van der Waals surface area (Å²) in [5, 5.41) is 7.32. The lowest BCUT2D eigenvalue weighted by Crippen LogP contribution is -2.30. The molecule has 1 aromatic carbocycles. The van der Waals surface area contributed by atoms with E-state index in [0.717, 1.165) is 16.8 Å². The van der Waals surface area contributed by atoms with Gasteiger partial charge in [0.15, 0.2) is 5.82 Å². The zero-order valence-electron chi connectivity index (χ0n) is 20.0. The Morgan fingerprint density at radius 1 is 1.15 bits per heavy atom. The van der Waals surface area contributed by atoms with Gasteiger partial charge in [0.1, 0.15) is 0 Å². The van der Waals surface area contributed by atoms with E-state index < -0.39 is 10.0 Å². The van der Waals surface area contributed by atoms with Crippen LogP contribution in [-0.4, -0.2) is 46.5 Å². The molecule has 176 valence electrons. The zero-order valence-corrected chi connectivity index (χ0v) is 20.8. The number of aryl methyl sites for hydroxylation is 1. The highest BCUT2D eigenvalue weighted by Crippen LogP contribution is 2.28. The normalized spacial score (nSPS) is 11.9. The first-order valence-electron chi connectivity index (χ1n) is 11.0. The Labute approximate surface area is 195 Å². The van der Waals surface area contributed by atoms with Crippen LogP contribution in [0.5, 0.6) is 0 Å². The summed E-state index contributed by atoms with van der Waals surface area (Å²) < 4.78 is 29.2. The summed E-state index contributed by atoms with van der Waals surface area (Å²) in [6.07, 6.45) is 3.20. The molecule has 0 aliphatic carbocycles. The van der Waals surface area contributed by atoms with Crippen LogP contribution in [0.4, 0.5) is 5.69 Å². The van der Waals surface area contributed by atoms with E-state index in [2.05, 4.69) is 15.4 Å². The number of amides is 1. The summed E-state index contributed by atoms with van der Waals surface area (Å²) >= 11 is 0. The summed E-state index contributed by atoms with van der Waals surface area (Å²) in [5.41, 5.74) is 3.21. The van der Waals surface area contributed by atoms with Gasteiger partial charge in [0, 0.05) is 25.0 Å². The molecule has 8 nitrogen and oxygen atoms in total. The van der Waals surface area contributed by atoms with Gasteiger partial charge in [0.05, 0.1) is 22.3 Å². The van der Waals surface area contributed by atoms with Gasteiger partial charge in [-0.15, -0.1) is 0 Å². The van der Waals surface area contributed by atoms with E-state index in [1.54, 1.807) is 30.8 Å². The van der Waals surface area contributed by atoms with E-state index in [0.29, 0.717) is 30.2 Å². The van der Waals surface area contributed by atoms with Crippen molar-refractivity contribution >= 4 is 21.6 Å². The van der Waals surface area contributed by atoms with Gasteiger partial charge in [-0.1, -0.05) is 33.8 Å². The number of hydrogen-bond donors (Lipinski definition) is 1. The number of nitrogens with one attached hydrogen (secondary N) is 1. The quantitative estimate of drug-likeness (QED) is 0.531. The van der Waals surface area contributed by atoms with Crippen molar-refractivity contribution in [2.75, 3.05) is 18.4 Å². The van der Waals surface area contributed by atoms with E-state index in [1.165, 1.54) is 16.6 Å². The third-order valence-electron chi connectivity index (χ3n) is 5.70. The maximum absolute atomic E-state index is 13.3. The van der Waals surface area contributed by atoms with Crippen molar-refractivity contribution in [3.63, 3.8) is 0 Å². The minimum Gasteiger partial charge on any atom is -0.322 e. The number of hydrogen-bond acceptors (Lipinski definition) is 5. The van der Waals surface area contributed by atoms with Crippen LogP contribution in [0.25, 0.3) is 5.82 Å². The van der Waals surface area contributed by atoms with Gasteiger partial charge in [-0.05, 0) is 55.2 Å². The van der Waals surface area contributed by atoms with E-state index >= 15 is 0 Å². The molecule has 9 heteroatoms. The molecule has 0 bridgehead atoms. The molecular weight excluding hydrogens is 438 g/mol. The fraction of sp³-hybridized carbons (Fsp3) is 0.375. The number of aromatic nitrogens is 3. The summed E-state index contributed by atoms with van der Waals surface area (Å²) in [6.45, 7) is 12.0. The van der Waals surface area contributed by atoms with Gasteiger partial charge in [0.25, 0.3) is 5.91 Å². The maximum Gasteiger partial charge on any atom is 0.259 e. The second kappa shape index (κ2) is 9.84. The van der Waals surface area contributed by atoms with Gasteiger partial charge in [-0.25, -0.2) is 18.1 Å². The Morgan fingerprint density at radius 3 is 2.42 bits per heavy atom. The number of benzene rings is 1. The van der Waals surface area contributed by atoms with E-state index in [4.69, 9.17) is 0 Å². The first-order valence-corrected chi connectivity index (χ1v) is 12.5. The van der Waals surface area contributed by atoms with Crippen LogP contribution in [0.1, 0.15) is 60.8 Å². The highest BCUT2D eigenvalue weighted by molar-refractivity contribution is 7.89. The van der Waals surface area contributed by atoms with E-state index in [9.17, 15) is 13.2 Å². The molecule has 0 fully saturated rings. The fourth-order valence-electron chi connectivity index (χ4n) is 3.76. The molecule has 0 atom stereocenters. The van der Waals surface area contributed by atoms with Gasteiger partial charge < -0.3 is 5.32 Å². The largest absolute Gasteiger partial charge is 0.322 e. The Morgan fingerprint density at radius 2 is 1.85 bits per heavy atom. The van der Waals surface area contributed by atoms with E-state index in [-0.39, 0.29) is 16.7 Å². The fourth-order valence-corrected chi connectivity index (χ4v) is 5.33. The number of anilines is 1. The maximum atomic E-state index is 13.3. The number of carbonyl (C=O) groups is 1. The molecular formula is C24H31N5O3S. The number of pyridine rings is 1. The lowest BCUT2D eigenvalue weighted by molar-refractivity contribution is 0.102. The Kier molecular flexibility index (Phi) is 7.34. The molecule has 0 saturated heterocycles. The highest BCUT2D eigenvalue weighted by atomic mass is 32.2. The molecule has 2 heterocycles. The second-order valence-corrected chi connectivity index (χ2v) is 10.1. The summed E-state index contributed by atoms with van der Waals surface area (Å²) in [4.78, 5) is 17.8. The molecule has 0 spiro atoms. The lowest BCUT2D eigenvalue weighted by Gasteiger charge is -2.20. The average molecular weight is 470 g/mol. The van der Waals surface area contributed by atoms with Crippen LogP contribution >= 0.6 is 0 Å². The number of sulfonamides is 1. The third-order valence-corrected chi connectivity index (χ3v) is 7.72. The van der Waals surface area contributed by atoms with Crippen molar-refractivity contribution in [2.45, 2.75) is 52.4 Å². The Bertz CT molecular complexity index is 1250. The topological polar surface area (TPSA) is 97.2 Å². The third kappa shape index (κ3) is 4.84. The molecule has 0 aliphatic rings. The summed E-state index contributed by atoms with van der Waals surface area (Å²) in [6, 6.07) is 8.70. The first-order chi connectivity index (χ1) is 15.6. The van der Waals surface area contributed by atoms with Crippen LogP contribution in [0.2, 0.25) is 0 Å². The SMILES string of the molecule is CCN(CC)S(=O)(=O)c1cc(C)c(C)c(NC(=O)c2cnn(-c3ccccn3)c2C(C)C)c1. The van der Waals surface area contributed by atoms with Crippen molar-refractivity contribution < 1.29 is 13.2 Å². The van der Waals surface area contributed by atoms with Crippen LogP contribution in [0.15, 0.2) is 47.6 Å². The molecule has 0 saturated carbocycles. The standard InChI is InChI=1S/C24H31N5O3S/c1-7-28(8-2)33(31,32)19-13-17(5)18(6)21(14-19)27-24(30)20-15-26-29(23(20)16(3)4)22-11-9-10-12-25-22/h9-16H,7-8H2,1-6H3,(H,27,30). The smallest absolute Gasteiger partial charge is 0.259 e. The van der Waals surface area contributed by atoms with Crippen molar-refractivity contribution in [1.29, 1.82) is 0 Å². The van der Waals surface area contributed by atoms with Crippen molar-refractivity contribution in [3.8, 4) is 5.82 Å². The molecule has 0 aliphatic heterocycles. The van der Waals surface area contributed by atoms with E-state index in [1.807, 2.05) is 45.9 Å². The summed E-state index contributed by atoms with van der Waals surface area (Å²) in [7, 11) is -3.66. The van der Waals surface area contributed by atoms with Gasteiger partial charge in [-0.2, -0.15) is 9.40 Å². The molecule has 1 N–H and O–H groups in total. The lowest BCUT2D eigenvalue weighted by atomic mass is 10.0. The van der Waals surface area contributed by atoms with Gasteiger partial charge in [0.2, 0.25) is 10.0 Å². The monoisotopic (exact) mass is 469 g/mol. The van der Waals surface area contributed by atoms with Gasteiger partial charge >= 0.3 is 0 Å². The predicted octanol–water partition coefficient (Wildman–Crippen LogP) is 4.29. The second-order valence-electron chi connectivity index (χ2n) is 8.15. The number of rotatable bonds is 8. The molecule has 33 heavy (non-hydrogen) atoms. The highest BCUT2D eigenvalue weighted by Gasteiger charge is 2.25.